The van der Waals surface area contributed by atoms with E-state index in [0.717, 1.165) is 0 Å². The summed E-state index contributed by atoms with van der Waals surface area (Å²) in [6.07, 6.45) is -0.195. The van der Waals surface area contributed by atoms with Crippen LogP contribution < -0.4 is 0 Å². The fourth-order valence-electron chi connectivity index (χ4n) is 1.32. The van der Waals surface area contributed by atoms with E-state index in [9.17, 15) is 13.2 Å². The smallest absolute Gasteiger partial charge is 0.318 e. The molecule has 0 aliphatic heterocycles. The van der Waals surface area contributed by atoms with Crippen LogP contribution in [0.15, 0.2) is 29.2 Å². The topological polar surface area (TPSA) is 83.9 Å². The molecule has 6 nitrogen and oxygen atoms in total. The fraction of sp³-hybridized carbons (Fsp3) is 0.364. The summed E-state index contributed by atoms with van der Waals surface area (Å²) in [4.78, 5) is 11.3. The molecular formula is C11H15NO5S. The third-order valence-electron chi connectivity index (χ3n) is 2.25. The minimum absolute atomic E-state index is 0.00801. The van der Waals surface area contributed by atoms with E-state index in [2.05, 4.69) is 4.28 Å². The van der Waals surface area contributed by atoms with Crippen molar-refractivity contribution in [3.8, 4) is 0 Å². The van der Waals surface area contributed by atoms with Crippen LogP contribution in [0.1, 0.15) is 12.0 Å². The van der Waals surface area contributed by atoms with Crippen LogP contribution in [0.5, 0.6) is 0 Å². The zero-order valence-corrected chi connectivity index (χ0v) is 11.0. The van der Waals surface area contributed by atoms with Crippen LogP contribution in [0.4, 0.5) is 0 Å². The van der Waals surface area contributed by atoms with E-state index in [1.807, 2.05) is 0 Å². The Balaban J connectivity index is 2.90. The molecule has 0 fully saturated rings. The van der Waals surface area contributed by atoms with E-state index in [0.29, 0.717) is 10.6 Å². The van der Waals surface area contributed by atoms with Gasteiger partial charge in [0.05, 0.1) is 17.9 Å². The second kappa shape index (κ2) is 5.94. The van der Waals surface area contributed by atoms with E-state index in [-0.39, 0.29) is 17.9 Å². The second-order valence-electron chi connectivity index (χ2n) is 3.66. The normalized spacial score (nSPS) is 11.3. The number of hydroxylamine groups is 2. The maximum atomic E-state index is 11.9. The van der Waals surface area contributed by atoms with Gasteiger partial charge in [-0.3, -0.25) is 4.79 Å². The molecule has 0 aromatic heterocycles. The number of carbonyl (C=O) groups is 1. The number of aliphatic hydroxyl groups is 1. The van der Waals surface area contributed by atoms with Crippen molar-refractivity contribution < 1.29 is 22.6 Å². The highest BCUT2D eigenvalue weighted by Crippen LogP contribution is 2.17. The summed E-state index contributed by atoms with van der Waals surface area (Å²) < 4.78 is 28.5. The Hall–Kier alpha value is -1.44. The highest BCUT2D eigenvalue weighted by atomic mass is 32.2. The lowest BCUT2D eigenvalue weighted by Gasteiger charge is -2.16. The average molecular weight is 273 g/mol. The van der Waals surface area contributed by atoms with Crippen molar-refractivity contribution in [1.29, 1.82) is 0 Å². The first-order valence-corrected chi connectivity index (χ1v) is 6.67. The van der Waals surface area contributed by atoms with Crippen molar-refractivity contribution in [1.82, 2.24) is 5.06 Å². The van der Waals surface area contributed by atoms with Crippen LogP contribution in [0.2, 0.25) is 0 Å². The van der Waals surface area contributed by atoms with Crippen molar-refractivity contribution in [2.45, 2.75) is 18.2 Å². The minimum Gasteiger partial charge on any atom is -0.396 e. The predicted octanol–water partition coefficient (Wildman–Crippen LogP) is 0.456. The highest BCUT2D eigenvalue weighted by molar-refractivity contribution is 7.86. The predicted molar refractivity (Wildman–Crippen MR) is 63.9 cm³/mol. The van der Waals surface area contributed by atoms with Gasteiger partial charge in [-0.15, -0.1) is 4.28 Å². The van der Waals surface area contributed by atoms with Crippen LogP contribution in [-0.4, -0.2) is 38.1 Å². The van der Waals surface area contributed by atoms with Gasteiger partial charge in [0.15, 0.2) is 0 Å². The standard InChI is InChI=1S/C11H15NO5S/c1-9-5-3-4-6-10(9)18(15,16)17-12(2)11(14)7-8-13/h3-6,13H,7-8H2,1-2H3. The maximum absolute atomic E-state index is 11.9. The van der Waals surface area contributed by atoms with Crippen molar-refractivity contribution in [3.05, 3.63) is 29.8 Å². The zero-order valence-electron chi connectivity index (χ0n) is 10.2. The number of aryl methyl sites for hydroxylation is 1. The van der Waals surface area contributed by atoms with Crippen molar-refractivity contribution in [2.75, 3.05) is 13.7 Å². The van der Waals surface area contributed by atoms with Crippen molar-refractivity contribution in [2.24, 2.45) is 0 Å². The van der Waals surface area contributed by atoms with Gasteiger partial charge in [0.1, 0.15) is 0 Å². The lowest BCUT2D eigenvalue weighted by molar-refractivity contribution is -0.152. The van der Waals surface area contributed by atoms with E-state index < -0.39 is 16.0 Å². The fourth-order valence-corrected chi connectivity index (χ4v) is 2.48. The van der Waals surface area contributed by atoms with Gasteiger partial charge < -0.3 is 5.11 Å². The van der Waals surface area contributed by atoms with Gasteiger partial charge in [-0.2, -0.15) is 8.42 Å². The van der Waals surface area contributed by atoms with Gasteiger partial charge in [-0.05, 0) is 18.6 Å². The van der Waals surface area contributed by atoms with Crippen LogP contribution in [0.3, 0.4) is 0 Å². The third-order valence-corrected chi connectivity index (χ3v) is 3.67. The first-order chi connectivity index (χ1) is 8.38. The van der Waals surface area contributed by atoms with Crippen molar-refractivity contribution in [3.63, 3.8) is 0 Å². The van der Waals surface area contributed by atoms with Crippen LogP contribution >= 0.6 is 0 Å². The molecular weight excluding hydrogens is 258 g/mol. The van der Waals surface area contributed by atoms with Crippen LogP contribution in [0, 0.1) is 6.92 Å². The Morgan fingerprint density at radius 1 is 1.39 bits per heavy atom. The monoisotopic (exact) mass is 273 g/mol. The van der Waals surface area contributed by atoms with E-state index in [1.165, 1.54) is 13.1 Å². The first kappa shape index (κ1) is 14.6. The number of nitrogens with zero attached hydrogens (tertiary/aromatic N) is 1. The number of benzene rings is 1. The summed E-state index contributed by atoms with van der Waals surface area (Å²) in [7, 11) is -2.84. The molecule has 0 unspecified atom stereocenters. The highest BCUT2D eigenvalue weighted by Gasteiger charge is 2.22. The lowest BCUT2D eigenvalue weighted by atomic mass is 10.2. The summed E-state index contributed by atoms with van der Waals surface area (Å²) >= 11 is 0. The molecule has 0 saturated carbocycles. The van der Waals surface area contributed by atoms with Crippen LogP contribution in [0.25, 0.3) is 0 Å². The number of hydrogen-bond donors (Lipinski definition) is 1. The SMILES string of the molecule is Cc1ccccc1S(=O)(=O)ON(C)C(=O)CCO. The zero-order chi connectivity index (χ0) is 13.8. The Labute approximate surface area is 106 Å². The summed E-state index contributed by atoms with van der Waals surface area (Å²) in [6.45, 7) is 1.27. The molecule has 0 bridgehead atoms. The largest absolute Gasteiger partial charge is 0.396 e. The average Bonchev–Trinajstić information content (AvgIpc) is 2.29. The minimum atomic E-state index is -4.03. The Bertz CT molecular complexity index is 526. The molecule has 1 aromatic carbocycles. The number of aliphatic hydroxyl groups excluding tert-OH is 1. The molecule has 1 amide bonds. The number of rotatable bonds is 5. The molecule has 18 heavy (non-hydrogen) atoms. The van der Waals surface area contributed by atoms with Gasteiger partial charge in [0.2, 0.25) is 5.91 Å². The van der Waals surface area contributed by atoms with Gasteiger partial charge in [-0.25, -0.2) is 5.06 Å². The Morgan fingerprint density at radius 3 is 2.56 bits per heavy atom. The molecule has 0 saturated heterocycles. The summed E-state index contributed by atoms with van der Waals surface area (Å²) in [5.74, 6) is -0.616. The van der Waals surface area contributed by atoms with Gasteiger partial charge in [0.25, 0.3) is 0 Å². The molecule has 7 heteroatoms. The number of hydrogen-bond acceptors (Lipinski definition) is 5. The molecule has 100 valence electrons. The molecule has 0 atom stereocenters. The summed E-state index contributed by atoms with van der Waals surface area (Å²) in [5.41, 5.74) is 0.528. The van der Waals surface area contributed by atoms with Gasteiger partial charge in [-0.1, -0.05) is 18.2 Å². The van der Waals surface area contributed by atoms with Gasteiger partial charge in [0, 0.05) is 7.05 Å². The summed E-state index contributed by atoms with van der Waals surface area (Å²) in [6, 6.07) is 6.30. The summed E-state index contributed by atoms with van der Waals surface area (Å²) in [5, 5.41) is 9.20. The molecule has 0 heterocycles. The maximum Gasteiger partial charge on any atom is 0.318 e. The molecule has 0 aliphatic carbocycles. The molecule has 0 radical (unpaired) electrons. The quantitative estimate of drug-likeness (QED) is 0.788. The molecule has 0 spiro atoms. The second-order valence-corrected chi connectivity index (χ2v) is 5.16. The molecule has 1 aromatic rings. The Kier molecular flexibility index (Phi) is 4.83. The number of carbonyl (C=O) groups excluding carboxylic acids is 1. The van der Waals surface area contributed by atoms with E-state index in [1.54, 1.807) is 25.1 Å². The molecule has 1 N–H and O–H groups in total. The lowest BCUT2D eigenvalue weighted by Crippen LogP contribution is -2.30. The van der Waals surface area contributed by atoms with E-state index in [4.69, 9.17) is 5.11 Å². The Morgan fingerprint density at radius 2 is 2.00 bits per heavy atom. The van der Waals surface area contributed by atoms with Crippen molar-refractivity contribution >= 4 is 16.0 Å². The third kappa shape index (κ3) is 3.52. The number of amides is 1. The molecule has 1 rings (SSSR count). The van der Waals surface area contributed by atoms with E-state index >= 15 is 0 Å². The first-order valence-electron chi connectivity index (χ1n) is 5.26. The van der Waals surface area contributed by atoms with Crippen LogP contribution in [-0.2, 0) is 19.2 Å². The molecule has 0 aliphatic rings. The van der Waals surface area contributed by atoms with Gasteiger partial charge >= 0.3 is 10.1 Å².